The van der Waals surface area contributed by atoms with Gasteiger partial charge in [-0.2, -0.15) is 13.2 Å². The molecule has 162 valence electrons. The fraction of sp³-hybridized carbons (Fsp3) is 0.348. The van der Waals surface area contributed by atoms with Crippen LogP contribution in [0.1, 0.15) is 36.2 Å². The van der Waals surface area contributed by atoms with E-state index >= 15 is 0 Å². The average molecular weight is 429 g/mol. The van der Waals surface area contributed by atoms with Gasteiger partial charge in [-0.15, -0.1) is 0 Å². The zero-order valence-electron chi connectivity index (χ0n) is 17.4. The van der Waals surface area contributed by atoms with E-state index in [0.29, 0.717) is 28.0 Å². The first-order valence-electron chi connectivity index (χ1n) is 9.92. The Hall–Kier alpha value is -3.00. The number of fused-ring (bicyclic) bond motifs is 2. The first-order chi connectivity index (χ1) is 14.6. The van der Waals surface area contributed by atoms with Crippen molar-refractivity contribution in [2.75, 3.05) is 6.61 Å². The summed E-state index contributed by atoms with van der Waals surface area (Å²) in [6.45, 7) is 4.96. The van der Waals surface area contributed by atoms with Crippen LogP contribution in [0.2, 0.25) is 0 Å². The number of aliphatic hydroxyl groups is 1. The molecule has 2 heterocycles. The molecule has 1 N–H and O–H groups in total. The summed E-state index contributed by atoms with van der Waals surface area (Å²) in [5.41, 5.74) is -1.53. The molecule has 0 saturated carbocycles. The van der Waals surface area contributed by atoms with Crippen molar-refractivity contribution in [3.05, 3.63) is 59.5 Å². The molecule has 1 aliphatic rings. The number of halogens is 3. The zero-order chi connectivity index (χ0) is 22.4. The minimum Gasteiger partial charge on any atom is -0.493 e. The molecular formula is C23H22F3N3O2. The van der Waals surface area contributed by atoms with Crippen LogP contribution in [0, 0.1) is 13.8 Å². The van der Waals surface area contributed by atoms with Crippen molar-refractivity contribution >= 4 is 22.3 Å². The molecule has 2 atom stereocenters. The third-order valence-corrected chi connectivity index (χ3v) is 5.59. The standard InChI is InChI=1S/C23H22F3N3O2/c1-13-7-8-15-17(9-10-31-20(15)11-13)22(3,30)21(23(24,25)26)29-19-6-4-5-18-16(19)12-27-14(2)28-18/h4-8,11-12,17,30H,9-10H2,1-3H3. The molecule has 0 saturated heterocycles. The predicted octanol–water partition coefficient (Wildman–Crippen LogP) is 5.20. The fourth-order valence-corrected chi connectivity index (χ4v) is 4.06. The van der Waals surface area contributed by atoms with Gasteiger partial charge in [-0.25, -0.2) is 15.0 Å². The third kappa shape index (κ3) is 3.99. The molecule has 0 aliphatic carbocycles. The lowest BCUT2D eigenvalue weighted by Gasteiger charge is -2.38. The Morgan fingerprint density at radius 2 is 1.97 bits per heavy atom. The number of rotatable bonds is 3. The molecule has 5 nitrogen and oxygen atoms in total. The van der Waals surface area contributed by atoms with E-state index in [1.807, 2.05) is 6.92 Å². The van der Waals surface area contributed by atoms with E-state index in [4.69, 9.17) is 4.74 Å². The minimum atomic E-state index is -4.85. The van der Waals surface area contributed by atoms with Crippen molar-refractivity contribution < 1.29 is 23.0 Å². The fourth-order valence-electron chi connectivity index (χ4n) is 4.06. The highest BCUT2D eigenvalue weighted by molar-refractivity contribution is 6.02. The zero-order valence-corrected chi connectivity index (χ0v) is 17.4. The topological polar surface area (TPSA) is 67.6 Å². The van der Waals surface area contributed by atoms with E-state index in [9.17, 15) is 18.3 Å². The Balaban J connectivity index is 1.87. The number of alkyl halides is 3. The monoisotopic (exact) mass is 429 g/mol. The second kappa shape index (κ2) is 7.60. The number of aromatic nitrogens is 2. The van der Waals surface area contributed by atoms with Crippen molar-refractivity contribution in [3.63, 3.8) is 0 Å². The van der Waals surface area contributed by atoms with E-state index in [-0.39, 0.29) is 18.7 Å². The quantitative estimate of drug-likeness (QED) is 0.581. The van der Waals surface area contributed by atoms with Crippen LogP contribution in [0.5, 0.6) is 5.75 Å². The molecule has 0 amide bonds. The summed E-state index contributed by atoms with van der Waals surface area (Å²) in [6.07, 6.45) is -3.16. The SMILES string of the molecule is Cc1ccc2c(c1)OCCC2C(C)(O)C(=Nc1cccc2nc(C)ncc12)C(F)(F)F. The van der Waals surface area contributed by atoms with Gasteiger partial charge < -0.3 is 9.84 Å². The Morgan fingerprint density at radius 1 is 1.19 bits per heavy atom. The Kier molecular flexibility index (Phi) is 5.21. The first-order valence-corrected chi connectivity index (χ1v) is 9.92. The molecule has 0 bridgehead atoms. The second-order valence-electron chi connectivity index (χ2n) is 7.96. The van der Waals surface area contributed by atoms with E-state index in [1.54, 1.807) is 37.3 Å². The maximum atomic E-state index is 14.2. The number of nitrogens with zero attached hydrogens (tertiary/aromatic N) is 3. The van der Waals surface area contributed by atoms with Crippen LogP contribution >= 0.6 is 0 Å². The smallest absolute Gasteiger partial charge is 0.432 e. The van der Waals surface area contributed by atoms with Crippen molar-refractivity contribution in [2.24, 2.45) is 4.99 Å². The number of hydrogen-bond acceptors (Lipinski definition) is 5. The van der Waals surface area contributed by atoms with Crippen LogP contribution in [0.3, 0.4) is 0 Å². The molecule has 8 heteroatoms. The van der Waals surface area contributed by atoms with Gasteiger partial charge in [0, 0.05) is 23.1 Å². The molecule has 1 aromatic heterocycles. The molecule has 4 rings (SSSR count). The summed E-state index contributed by atoms with van der Waals surface area (Å²) in [7, 11) is 0. The predicted molar refractivity (Wildman–Crippen MR) is 112 cm³/mol. The van der Waals surface area contributed by atoms with E-state index in [1.165, 1.54) is 19.2 Å². The van der Waals surface area contributed by atoms with Gasteiger partial charge in [-0.1, -0.05) is 18.2 Å². The van der Waals surface area contributed by atoms with Gasteiger partial charge in [-0.3, -0.25) is 0 Å². The van der Waals surface area contributed by atoms with Crippen LogP contribution < -0.4 is 4.74 Å². The maximum absolute atomic E-state index is 14.2. The summed E-state index contributed by atoms with van der Waals surface area (Å²) in [6, 6.07) is 10.0. The average Bonchev–Trinajstić information content (AvgIpc) is 2.70. The van der Waals surface area contributed by atoms with Gasteiger partial charge in [0.2, 0.25) is 0 Å². The summed E-state index contributed by atoms with van der Waals surface area (Å²) in [5.74, 6) is 0.170. The van der Waals surface area contributed by atoms with E-state index in [2.05, 4.69) is 15.0 Å². The lowest BCUT2D eigenvalue weighted by Crippen LogP contribution is -2.50. The van der Waals surface area contributed by atoms with Crippen LogP contribution in [0.25, 0.3) is 10.9 Å². The Labute approximate surface area is 177 Å². The Bertz CT molecular complexity index is 1170. The number of ether oxygens (including phenoxy) is 1. The number of aliphatic imine (C=N–C) groups is 1. The molecule has 31 heavy (non-hydrogen) atoms. The summed E-state index contributed by atoms with van der Waals surface area (Å²) in [5, 5.41) is 11.7. The van der Waals surface area contributed by atoms with Gasteiger partial charge in [0.25, 0.3) is 0 Å². The van der Waals surface area contributed by atoms with E-state index < -0.39 is 23.4 Å². The number of benzene rings is 2. The molecule has 2 unspecified atom stereocenters. The third-order valence-electron chi connectivity index (χ3n) is 5.59. The Morgan fingerprint density at radius 3 is 2.71 bits per heavy atom. The van der Waals surface area contributed by atoms with Crippen LogP contribution in [0.4, 0.5) is 18.9 Å². The number of hydrogen-bond donors (Lipinski definition) is 1. The molecule has 0 spiro atoms. The van der Waals surface area contributed by atoms with Crippen molar-refractivity contribution in [2.45, 2.75) is 44.9 Å². The second-order valence-corrected chi connectivity index (χ2v) is 7.96. The number of aryl methyl sites for hydroxylation is 2. The molecule has 1 aliphatic heterocycles. The molecular weight excluding hydrogens is 407 g/mol. The minimum absolute atomic E-state index is 0.0567. The summed E-state index contributed by atoms with van der Waals surface area (Å²) < 4.78 is 48.3. The molecule has 0 radical (unpaired) electrons. The first kappa shape index (κ1) is 21.2. The van der Waals surface area contributed by atoms with Crippen LogP contribution in [0.15, 0.2) is 47.6 Å². The van der Waals surface area contributed by atoms with Crippen molar-refractivity contribution in [3.8, 4) is 5.75 Å². The maximum Gasteiger partial charge on any atom is 0.432 e. The van der Waals surface area contributed by atoms with Gasteiger partial charge >= 0.3 is 6.18 Å². The highest BCUT2D eigenvalue weighted by atomic mass is 19.4. The molecule has 2 aromatic carbocycles. The van der Waals surface area contributed by atoms with Crippen molar-refractivity contribution in [1.29, 1.82) is 0 Å². The lowest BCUT2D eigenvalue weighted by atomic mass is 9.76. The van der Waals surface area contributed by atoms with Gasteiger partial charge in [-0.05, 0) is 51.0 Å². The van der Waals surface area contributed by atoms with Crippen LogP contribution in [-0.4, -0.2) is 39.2 Å². The normalized spacial score (nSPS) is 18.9. The summed E-state index contributed by atoms with van der Waals surface area (Å²) >= 11 is 0. The lowest BCUT2D eigenvalue weighted by molar-refractivity contribution is -0.0768. The van der Waals surface area contributed by atoms with Crippen molar-refractivity contribution in [1.82, 2.24) is 9.97 Å². The van der Waals surface area contributed by atoms with Crippen LogP contribution in [-0.2, 0) is 0 Å². The van der Waals surface area contributed by atoms with Gasteiger partial charge in [0.15, 0.2) is 5.71 Å². The summed E-state index contributed by atoms with van der Waals surface area (Å²) in [4.78, 5) is 12.3. The van der Waals surface area contributed by atoms with E-state index in [0.717, 1.165) is 5.56 Å². The van der Waals surface area contributed by atoms with Gasteiger partial charge in [0.1, 0.15) is 17.2 Å². The largest absolute Gasteiger partial charge is 0.493 e. The highest BCUT2D eigenvalue weighted by Crippen LogP contribution is 2.44. The highest BCUT2D eigenvalue weighted by Gasteiger charge is 2.52. The molecule has 3 aromatic rings. The van der Waals surface area contributed by atoms with Gasteiger partial charge in [0.05, 0.1) is 17.8 Å². The molecule has 0 fully saturated rings.